The molecular formula is C17H25BrClN3O3. The van der Waals surface area contributed by atoms with Gasteiger partial charge in [-0.25, -0.2) is 0 Å². The van der Waals surface area contributed by atoms with Gasteiger partial charge in [-0.2, -0.15) is 0 Å². The van der Waals surface area contributed by atoms with E-state index in [0.717, 1.165) is 42.5 Å². The van der Waals surface area contributed by atoms with Crippen LogP contribution in [0.4, 0.5) is 5.69 Å². The van der Waals surface area contributed by atoms with Crippen molar-refractivity contribution < 1.29 is 14.7 Å². The fourth-order valence-corrected chi connectivity index (χ4v) is 3.42. The predicted molar refractivity (Wildman–Crippen MR) is 104 cm³/mol. The lowest BCUT2D eigenvalue weighted by atomic mass is 10.1. The largest absolute Gasteiger partial charge is 0.480 e. The molecule has 1 heterocycles. The molecule has 1 unspecified atom stereocenters. The number of anilines is 1. The average molecular weight is 435 g/mol. The molecule has 1 aromatic rings. The Morgan fingerprint density at radius 1 is 1.32 bits per heavy atom. The molecule has 140 valence electrons. The molecule has 0 aliphatic carbocycles. The molecule has 1 fully saturated rings. The summed E-state index contributed by atoms with van der Waals surface area (Å²) in [5.74, 6) is -0.828. The standard InChI is InChI=1S/C17H24BrN3O3.ClH/c1-20(12-17(23)24)13-5-4-9-21(10-8-13)11-16(22)19-15-7-3-2-6-14(15)18;/h2-3,6-7,13H,4-5,8-12H2,1H3,(H,19,22)(H,23,24);1H. The number of aliphatic carboxylic acids is 1. The van der Waals surface area contributed by atoms with Gasteiger partial charge in [-0.1, -0.05) is 12.1 Å². The van der Waals surface area contributed by atoms with Gasteiger partial charge in [0.2, 0.25) is 5.91 Å². The average Bonchev–Trinajstić information content (AvgIpc) is 2.74. The van der Waals surface area contributed by atoms with Crippen LogP contribution in [0.15, 0.2) is 28.7 Å². The molecular weight excluding hydrogens is 410 g/mol. The van der Waals surface area contributed by atoms with E-state index in [4.69, 9.17) is 5.11 Å². The summed E-state index contributed by atoms with van der Waals surface area (Å²) in [4.78, 5) is 27.1. The van der Waals surface area contributed by atoms with Crippen LogP contribution in [-0.2, 0) is 9.59 Å². The molecule has 1 aromatic carbocycles. The Hall–Kier alpha value is -1.15. The second-order valence-electron chi connectivity index (χ2n) is 6.20. The van der Waals surface area contributed by atoms with Crippen molar-refractivity contribution in [2.75, 3.05) is 38.5 Å². The fraction of sp³-hybridized carbons (Fsp3) is 0.529. The van der Waals surface area contributed by atoms with E-state index in [-0.39, 0.29) is 30.9 Å². The minimum absolute atomic E-state index is 0. The summed E-state index contributed by atoms with van der Waals surface area (Å²) in [6.07, 6.45) is 2.81. The predicted octanol–water partition coefficient (Wildman–Crippen LogP) is 2.68. The van der Waals surface area contributed by atoms with Crippen LogP contribution in [0.3, 0.4) is 0 Å². The first-order valence-corrected chi connectivity index (χ1v) is 8.94. The van der Waals surface area contributed by atoms with Crippen LogP contribution in [0, 0.1) is 0 Å². The summed E-state index contributed by atoms with van der Waals surface area (Å²) in [6.45, 7) is 2.09. The molecule has 2 rings (SSSR count). The maximum Gasteiger partial charge on any atom is 0.317 e. The fourth-order valence-electron chi connectivity index (χ4n) is 3.03. The molecule has 0 radical (unpaired) electrons. The summed E-state index contributed by atoms with van der Waals surface area (Å²) in [5, 5.41) is 11.8. The van der Waals surface area contributed by atoms with Crippen molar-refractivity contribution in [3.8, 4) is 0 Å². The first-order chi connectivity index (χ1) is 11.5. The number of carboxylic acid groups (broad SMARTS) is 1. The molecule has 1 aliphatic heterocycles. The number of likely N-dealkylation sites (N-methyl/N-ethyl adjacent to an activating group) is 1. The smallest absolute Gasteiger partial charge is 0.317 e. The SMILES string of the molecule is CN(CC(=O)O)C1CCCN(CC(=O)Nc2ccccc2Br)CC1.Cl. The summed E-state index contributed by atoms with van der Waals surface area (Å²) in [6, 6.07) is 7.81. The van der Waals surface area contributed by atoms with Crippen LogP contribution in [0.5, 0.6) is 0 Å². The molecule has 8 heteroatoms. The van der Waals surface area contributed by atoms with Crippen molar-refractivity contribution in [1.29, 1.82) is 0 Å². The van der Waals surface area contributed by atoms with Crippen molar-refractivity contribution in [1.82, 2.24) is 9.80 Å². The molecule has 0 spiro atoms. The lowest BCUT2D eigenvalue weighted by Crippen LogP contribution is -2.37. The Morgan fingerprint density at radius 3 is 2.72 bits per heavy atom. The zero-order valence-electron chi connectivity index (χ0n) is 14.3. The van der Waals surface area contributed by atoms with Crippen molar-refractivity contribution in [2.24, 2.45) is 0 Å². The number of carboxylic acids is 1. The number of hydrogen-bond donors (Lipinski definition) is 2. The highest BCUT2D eigenvalue weighted by atomic mass is 79.9. The van der Waals surface area contributed by atoms with E-state index >= 15 is 0 Å². The van der Waals surface area contributed by atoms with Gasteiger partial charge >= 0.3 is 5.97 Å². The number of nitrogens with zero attached hydrogens (tertiary/aromatic N) is 2. The number of rotatable bonds is 6. The third-order valence-electron chi connectivity index (χ3n) is 4.31. The third-order valence-corrected chi connectivity index (χ3v) is 5.00. The van der Waals surface area contributed by atoms with Crippen LogP contribution >= 0.6 is 28.3 Å². The highest BCUT2D eigenvalue weighted by Gasteiger charge is 2.22. The molecule has 1 saturated heterocycles. The number of nitrogens with one attached hydrogen (secondary N) is 1. The molecule has 1 aliphatic rings. The summed E-state index contributed by atoms with van der Waals surface area (Å²) >= 11 is 3.42. The molecule has 0 bridgehead atoms. The van der Waals surface area contributed by atoms with Gasteiger partial charge in [0.1, 0.15) is 0 Å². The second-order valence-corrected chi connectivity index (χ2v) is 7.05. The highest BCUT2D eigenvalue weighted by Crippen LogP contribution is 2.21. The lowest BCUT2D eigenvalue weighted by molar-refractivity contribution is -0.138. The van der Waals surface area contributed by atoms with Crippen molar-refractivity contribution in [3.05, 3.63) is 28.7 Å². The van der Waals surface area contributed by atoms with E-state index < -0.39 is 5.97 Å². The molecule has 1 amide bonds. The maximum absolute atomic E-state index is 12.2. The van der Waals surface area contributed by atoms with Gasteiger partial charge in [0.05, 0.1) is 18.8 Å². The van der Waals surface area contributed by atoms with Gasteiger partial charge in [-0.15, -0.1) is 12.4 Å². The van der Waals surface area contributed by atoms with Gasteiger partial charge < -0.3 is 10.4 Å². The first kappa shape index (κ1) is 21.9. The number of benzene rings is 1. The normalized spacial score (nSPS) is 18.3. The zero-order chi connectivity index (χ0) is 17.5. The van der Waals surface area contributed by atoms with Crippen LogP contribution in [0.25, 0.3) is 0 Å². The van der Waals surface area contributed by atoms with Gasteiger partial charge in [-0.3, -0.25) is 19.4 Å². The van der Waals surface area contributed by atoms with Crippen molar-refractivity contribution in [3.63, 3.8) is 0 Å². The third kappa shape index (κ3) is 7.32. The van der Waals surface area contributed by atoms with E-state index in [1.165, 1.54) is 0 Å². The molecule has 0 saturated carbocycles. The zero-order valence-corrected chi connectivity index (χ0v) is 16.7. The number of halogens is 2. The summed E-state index contributed by atoms with van der Waals surface area (Å²) in [7, 11) is 1.86. The number of carbonyl (C=O) groups excluding carboxylic acids is 1. The van der Waals surface area contributed by atoms with Gasteiger partial charge in [-0.05, 0) is 60.9 Å². The number of amides is 1. The Bertz CT molecular complexity index is 588. The maximum atomic E-state index is 12.2. The van der Waals surface area contributed by atoms with Crippen LogP contribution in [0.1, 0.15) is 19.3 Å². The lowest BCUT2D eigenvalue weighted by Gasteiger charge is -2.25. The van der Waals surface area contributed by atoms with E-state index in [1.54, 1.807) is 0 Å². The van der Waals surface area contributed by atoms with Gasteiger partial charge in [0.25, 0.3) is 0 Å². The first-order valence-electron chi connectivity index (χ1n) is 8.14. The molecule has 1 atom stereocenters. The Kier molecular flexibility index (Phi) is 9.42. The van der Waals surface area contributed by atoms with Crippen LogP contribution in [0.2, 0.25) is 0 Å². The molecule has 2 N–H and O–H groups in total. The van der Waals surface area contributed by atoms with Crippen molar-refractivity contribution in [2.45, 2.75) is 25.3 Å². The topological polar surface area (TPSA) is 72.9 Å². The van der Waals surface area contributed by atoms with E-state index in [1.807, 2.05) is 36.2 Å². The van der Waals surface area contributed by atoms with Gasteiger partial charge in [0.15, 0.2) is 0 Å². The number of para-hydroxylation sites is 1. The van der Waals surface area contributed by atoms with Crippen LogP contribution in [-0.4, -0.2) is 66.1 Å². The highest BCUT2D eigenvalue weighted by molar-refractivity contribution is 9.10. The van der Waals surface area contributed by atoms with Gasteiger partial charge in [0, 0.05) is 17.1 Å². The number of hydrogen-bond acceptors (Lipinski definition) is 4. The van der Waals surface area contributed by atoms with E-state index in [2.05, 4.69) is 26.1 Å². The molecule has 6 nitrogen and oxygen atoms in total. The van der Waals surface area contributed by atoms with E-state index in [9.17, 15) is 9.59 Å². The number of carbonyl (C=O) groups is 2. The molecule has 0 aromatic heterocycles. The van der Waals surface area contributed by atoms with Crippen LogP contribution < -0.4 is 5.32 Å². The minimum Gasteiger partial charge on any atom is -0.480 e. The number of likely N-dealkylation sites (tertiary alicyclic amines) is 1. The Labute approximate surface area is 163 Å². The molecule has 25 heavy (non-hydrogen) atoms. The van der Waals surface area contributed by atoms with Crippen molar-refractivity contribution >= 4 is 45.9 Å². The monoisotopic (exact) mass is 433 g/mol. The second kappa shape index (κ2) is 10.8. The summed E-state index contributed by atoms with van der Waals surface area (Å²) < 4.78 is 0.865. The quantitative estimate of drug-likeness (QED) is 0.720. The summed E-state index contributed by atoms with van der Waals surface area (Å²) in [5.41, 5.74) is 0.774. The Balaban J connectivity index is 0.00000312. The van der Waals surface area contributed by atoms with E-state index in [0.29, 0.717) is 6.54 Å². The minimum atomic E-state index is -0.800. The Morgan fingerprint density at radius 2 is 2.04 bits per heavy atom.